The number of esters is 1. The summed E-state index contributed by atoms with van der Waals surface area (Å²) < 4.78 is 44.2. The molecule has 0 aromatic heterocycles. The van der Waals surface area contributed by atoms with Gasteiger partial charge in [0.15, 0.2) is 0 Å². The number of benzene rings is 1. The lowest BCUT2D eigenvalue weighted by Gasteiger charge is -2.28. The molecule has 28 heavy (non-hydrogen) atoms. The highest BCUT2D eigenvalue weighted by Gasteiger charge is 2.51. The summed E-state index contributed by atoms with van der Waals surface area (Å²) in [6, 6.07) is 3.16. The molecule has 0 bridgehead atoms. The minimum atomic E-state index is -4.61. The number of carbonyl (C=O) groups excluding carboxylic acids is 2. The molecule has 0 spiro atoms. The summed E-state index contributed by atoms with van der Waals surface area (Å²) >= 11 is 7.19. The monoisotopic (exact) mass is 437 g/mol. The van der Waals surface area contributed by atoms with Crippen molar-refractivity contribution in [2.75, 3.05) is 31.7 Å². The van der Waals surface area contributed by atoms with Gasteiger partial charge in [-0.2, -0.15) is 30.0 Å². The summed E-state index contributed by atoms with van der Waals surface area (Å²) in [6.45, 7) is 1.54. The molecule has 0 aliphatic carbocycles. The second kappa shape index (κ2) is 8.60. The van der Waals surface area contributed by atoms with Crippen molar-refractivity contribution in [1.29, 1.82) is 0 Å². The van der Waals surface area contributed by atoms with E-state index in [0.717, 1.165) is 12.1 Å². The molecule has 6 nitrogen and oxygen atoms in total. The highest BCUT2D eigenvalue weighted by Crippen LogP contribution is 2.39. The van der Waals surface area contributed by atoms with Gasteiger partial charge in [0.05, 0.1) is 29.4 Å². The standard InChI is InChI=1S/C17H19ClF3N3O3S/c1-3-27-15(26)16(9-28-2)8-24(7-13(22)25)23-14(16)10-4-5-11(12(18)6-10)17(19,20)21/h4-6H,3,7-9H2,1-2H3,(H2,22,25). The topological polar surface area (TPSA) is 85.0 Å². The number of amides is 1. The molecule has 11 heteroatoms. The number of nitrogens with zero attached hydrogens (tertiary/aromatic N) is 2. The van der Waals surface area contributed by atoms with Crippen molar-refractivity contribution < 1.29 is 27.5 Å². The van der Waals surface area contributed by atoms with Crippen molar-refractivity contribution in [1.82, 2.24) is 5.01 Å². The Bertz CT molecular complexity index is 804. The molecule has 1 unspecified atom stereocenters. The van der Waals surface area contributed by atoms with Crippen LogP contribution in [0.2, 0.25) is 5.02 Å². The Labute approximate surface area is 169 Å². The van der Waals surface area contributed by atoms with Crippen LogP contribution in [0.25, 0.3) is 0 Å². The van der Waals surface area contributed by atoms with Crippen LogP contribution in [0.5, 0.6) is 0 Å². The van der Waals surface area contributed by atoms with Gasteiger partial charge in [-0.3, -0.25) is 14.6 Å². The number of nitrogens with two attached hydrogens (primary N) is 1. The number of thioether (sulfide) groups is 1. The second-order valence-electron chi connectivity index (χ2n) is 6.17. The number of carbonyl (C=O) groups is 2. The Morgan fingerprint density at radius 3 is 2.61 bits per heavy atom. The Hall–Kier alpha value is -1.94. The highest BCUT2D eigenvalue weighted by molar-refractivity contribution is 7.98. The number of alkyl halides is 3. The molecule has 0 saturated carbocycles. The summed E-state index contributed by atoms with van der Waals surface area (Å²) in [6.07, 6.45) is -2.84. The number of hydrogen-bond acceptors (Lipinski definition) is 6. The summed E-state index contributed by atoms with van der Waals surface area (Å²) in [4.78, 5) is 24.1. The Morgan fingerprint density at radius 1 is 1.43 bits per heavy atom. The Morgan fingerprint density at radius 2 is 2.11 bits per heavy atom. The predicted octanol–water partition coefficient (Wildman–Crippen LogP) is 2.78. The first kappa shape index (κ1) is 22.4. The third kappa shape index (κ3) is 4.54. The number of rotatable bonds is 7. The van der Waals surface area contributed by atoms with Gasteiger partial charge in [-0.25, -0.2) is 0 Å². The van der Waals surface area contributed by atoms with E-state index < -0.39 is 34.1 Å². The molecule has 1 amide bonds. The highest BCUT2D eigenvalue weighted by atomic mass is 35.5. The zero-order valence-electron chi connectivity index (χ0n) is 15.2. The van der Waals surface area contributed by atoms with Crippen LogP contribution in [0.3, 0.4) is 0 Å². The van der Waals surface area contributed by atoms with E-state index in [2.05, 4.69) is 5.10 Å². The molecule has 1 atom stereocenters. The zero-order chi connectivity index (χ0) is 21.1. The average Bonchev–Trinajstić information content (AvgIpc) is 2.92. The maximum Gasteiger partial charge on any atom is 0.417 e. The first-order valence-corrected chi connectivity index (χ1v) is 9.98. The molecule has 1 aromatic rings. The number of halogens is 4. The van der Waals surface area contributed by atoms with Crippen LogP contribution in [-0.4, -0.2) is 54.3 Å². The molecule has 0 saturated heterocycles. The first-order valence-electron chi connectivity index (χ1n) is 8.20. The molecular weight excluding hydrogens is 419 g/mol. The predicted molar refractivity (Wildman–Crippen MR) is 101 cm³/mol. The van der Waals surface area contributed by atoms with Crippen molar-refractivity contribution in [3.05, 3.63) is 34.3 Å². The second-order valence-corrected chi connectivity index (χ2v) is 7.44. The fraction of sp³-hybridized carbons (Fsp3) is 0.471. The summed E-state index contributed by atoms with van der Waals surface area (Å²) in [5.41, 5.74) is 3.40. The van der Waals surface area contributed by atoms with Crippen LogP contribution in [0.4, 0.5) is 13.2 Å². The van der Waals surface area contributed by atoms with Gasteiger partial charge in [-0.05, 0) is 25.3 Å². The third-order valence-corrected chi connectivity index (χ3v) is 5.18. The maximum absolute atomic E-state index is 13.0. The fourth-order valence-corrected chi connectivity index (χ4v) is 4.13. The van der Waals surface area contributed by atoms with Crippen LogP contribution in [-0.2, 0) is 20.5 Å². The maximum atomic E-state index is 13.0. The molecule has 154 valence electrons. The minimum absolute atomic E-state index is 0.0174. The van der Waals surface area contributed by atoms with E-state index in [4.69, 9.17) is 22.1 Å². The van der Waals surface area contributed by atoms with E-state index in [9.17, 15) is 22.8 Å². The molecule has 1 aromatic carbocycles. The van der Waals surface area contributed by atoms with E-state index in [1.165, 1.54) is 22.8 Å². The fourth-order valence-electron chi connectivity index (χ4n) is 3.01. The van der Waals surface area contributed by atoms with Crippen molar-refractivity contribution in [2.24, 2.45) is 16.3 Å². The van der Waals surface area contributed by atoms with Crippen LogP contribution < -0.4 is 5.73 Å². The van der Waals surface area contributed by atoms with Gasteiger partial charge in [-0.1, -0.05) is 17.7 Å². The van der Waals surface area contributed by atoms with E-state index >= 15 is 0 Å². The SMILES string of the molecule is CCOC(=O)C1(CSC)CN(CC(N)=O)N=C1c1ccc(C(F)(F)F)c(Cl)c1. The number of primary amides is 1. The normalized spacial score (nSPS) is 19.5. The van der Waals surface area contributed by atoms with Gasteiger partial charge in [0, 0.05) is 11.3 Å². The van der Waals surface area contributed by atoms with Gasteiger partial charge in [0.2, 0.25) is 5.91 Å². The number of hydrogen-bond donors (Lipinski definition) is 1. The van der Waals surface area contributed by atoms with Gasteiger partial charge in [0.1, 0.15) is 12.0 Å². The number of hydrazone groups is 1. The average molecular weight is 438 g/mol. The summed E-state index contributed by atoms with van der Waals surface area (Å²) in [5.74, 6) is -0.984. The zero-order valence-corrected chi connectivity index (χ0v) is 16.7. The van der Waals surface area contributed by atoms with E-state index in [1.54, 1.807) is 13.2 Å². The smallest absolute Gasteiger partial charge is 0.417 e. The van der Waals surface area contributed by atoms with Crippen LogP contribution >= 0.6 is 23.4 Å². The Kier molecular flexibility index (Phi) is 6.87. The van der Waals surface area contributed by atoms with Gasteiger partial charge < -0.3 is 10.5 Å². The van der Waals surface area contributed by atoms with Gasteiger partial charge in [-0.15, -0.1) is 0 Å². The minimum Gasteiger partial charge on any atom is -0.465 e. The van der Waals surface area contributed by atoms with Gasteiger partial charge in [0.25, 0.3) is 0 Å². The molecule has 1 aliphatic heterocycles. The lowest BCUT2D eigenvalue weighted by atomic mass is 9.81. The summed E-state index contributed by atoms with van der Waals surface area (Å²) in [7, 11) is 0. The first-order chi connectivity index (χ1) is 13.0. The third-order valence-electron chi connectivity index (χ3n) is 4.09. The van der Waals surface area contributed by atoms with E-state index in [1.807, 2.05) is 0 Å². The lowest BCUT2D eigenvalue weighted by Crippen LogP contribution is -2.46. The van der Waals surface area contributed by atoms with Crippen molar-refractivity contribution >= 4 is 41.0 Å². The van der Waals surface area contributed by atoms with Crippen molar-refractivity contribution in [2.45, 2.75) is 13.1 Å². The van der Waals surface area contributed by atoms with Gasteiger partial charge >= 0.3 is 12.1 Å². The van der Waals surface area contributed by atoms with E-state index in [-0.39, 0.29) is 36.7 Å². The molecule has 1 heterocycles. The van der Waals surface area contributed by atoms with Crippen molar-refractivity contribution in [3.8, 4) is 0 Å². The van der Waals surface area contributed by atoms with Crippen LogP contribution in [0.15, 0.2) is 23.3 Å². The van der Waals surface area contributed by atoms with Crippen molar-refractivity contribution in [3.63, 3.8) is 0 Å². The quantitative estimate of drug-likeness (QED) is 0.663. The molecule has 1 aliphatic rings. The van der Waals surface area contributed by atoms with E-state index in [0.29, 0.717) is 0 Å². The molecule has 2 N–H and O–H groups in total. The largest absolute Gasteiger partial charge is 0.465 e. The number of ether oxygens (including phenoxy) is 1. The molecular formula is C17H19ClF3N3O3S. The Balaban J connectivity index is 2.57. The summed E-state index contributed by atoms with van der Waals surface area (Å²) in [5, 5.41) is 5.11. The van der Waals surface area contributed by atoms with Crippen LogP contribution in [0.1, 0.15) is 18.1 Å². The lowest BCUT2D eigenvalue weighted by molar-refractivity contribution is -0.150. The molecule has 2 rings (SSSR count). The molecule has 0 radical (unpaired) electrons. The molecule has 0 fully saturated rings. The van der Waals surface area contributed by atoms with Crippen LogP contribution in [0, 0.1) is 5.41 Å².